The summed E-state index contributed by atoms with van der Waals surface area (Å²) in [6.45, 7) is 4.11. The molecular formula is C13H28N2O2. The highest BCUT2D eigenvalue weighted by atomic mass is 16.3. The van der Waals surface area contributed by atoms with Crippen LogP contribution in [0.2, 0.25) is 0 Å². The Morgan fingerprint density at radius 2 is 1.88 bits per heavy atom. The van der Waals surface area contributed by atoms with Gasteiger partial charge in [0, 0.05) is 19.5 Å². The second-order valence-electron chi connectivity index (χ2n) is 4.41. The van der Waals surface area contributed by atoms with E-state index >= 15 is 0 Å². The highest BCUT2D eigenvalue weighted by Gasteiger charge is 2.11. The molecule has 0 unspecified atom stereocenters. The second-order valence-corrected chi connectivity index (χ2v) is 4.41. The maximum atomic E-state index is 11.8. The van der Waals surface area contributed by atoms with Crippen LogP contribution in [-0.2, 0) is 4.79 Å². The van der Waals surface area contributed by atoms with Crippen LogP contribution in [0.25, 0.3) is 0 Å². The van der Waals surface area contributed by atoms with Crippen LogP contribution in [0.1, 0.15) is 51.9 Å². The van der Waals surface area contributed by atoms with Gasteiger partial charge in [0.05, 0.1) is 6.61 Å². The quantitative estimate of drug-likeness (QED) is 0.541. The van der Waals surface area contributed by atoms with Crippen LogP contribution in [-0.4, -0.2) is 42.2 Å². The fourth-order valence-electron chi connectivity index (χ4n) is 1.79. The highest BCUT2D eigenvalue weighted by molar-refractivity contribution is 5.76. The van der Waals surface area contributed by atoms with Gasteiger partial charge in [-0.2, -0.15) is 0 Å². The normalized spacial score (nSPS) is 10.5. The standard InChI is InChI=1S/C13H28N2O2/c1-2-3-4-7-10-15(11-12-16)13(17)8-5-6-9-14/h16H,2-12,14H2,1H3. The SMILES string of the molecule is CCCCCCN(CCO)C(=O)CCCCN. The summed E-state index contributed by atoms with van der Waals surface area (Å²) in [5, 5.41) is 8.95. The molecule has 4 heteroatoms. The van der Waals surface area contributed by atoms with E-state index in [9.17, 15) is 4.79 Å². The Hall–Kier alpha value is -0.610. The third-order valence-electron chi connectivity index (χ3n) is 2.85. The fraction of sp³-hybridized carbons (Fsp3) is 0.923. The van der Waals surface area contributed by atoms with Crippen LogP contribution < -0.4 is 5.73 Å². The van der Waals surface area contributed by atoms with Crippen molar-refractivity contribution in [2.24, 2.45) is 5.73 Å². The molecule has 0 fully saturated rings. The summed E-state index contributed by atoms with van der Waals surface area (Å²) >= 11 is 0. The first-order chi connectivity index (χ1) is 8.26. The molecule has 17 heavy (non-hydrogen) atoms. The van der Waals surface area contributed by atoms with E-state index in [4.69, 9.17) is 10.8 Å². The number of hydrogen-bond donors (Lipinski definition) is 2. The molecule has 0 radical (unpaired) electrons. The predicted octanol–water partition coefficient (Wildman–Crippen LogP) is 1.52. The molecule has 0 aromatic rings. The lowest BCUT2D eigenvalue weighted by molar-refractivity contribution is -0.131. The van der Waals surface area contributed by atoms with Crippen LogP contribution in [0.3, 0.4) is 0 Å². The van der Waals surface area contributed by atoms with E-state index < -0.39 is 0 Å². The van der Waals surface area contributed by atoms with E-state index in [1.807, 2.05) is 0 Å². The summed E-state index contributed by atoms with van der Waals surface area (Å²) in [4.78, 5) is 13.6. The Morgan fingerprint density at radius 1 is 1.12 bits per heavy atom. The van der Waals surface area contributed by atoms with Gasteiger partial charge in [-0.05, 0) is 25.8 Å². The lowest BCUT2D eigenvalue weighted by Crippen LogP contribution is -2.34. The molecule has 0 rings (SSSR count). The van der Waals surface area contributed by atoms with Crippen molar-refractivity contribution < 1.29 is 9.90 Å². The van der Waals surface area contributed by atoms with Gasteiger partial charge < -0.3 is 15.7 Å². The Morgan fingerprint density at radius 3 is 2.47 bits per heavy atom. The summed E-state index contributed by atoms with van der Waals surface area (Å²) in [6.07, 6.45) is 6.93. The molecule has 0 aromatic heterocycles. The number of aliphatic hydroxyl groups is 1. The third kappa shape index (κ3) is 9.12. The molecular weight excluding hydrogens is 216 g/mol. The van der Waals surface area contributed by atoms with E-state index in [-0.39, 0.29) is 12.5 Å². The first-order valence-electron chi connectivity index (χ1n) is 6.85. The molecule has 0 bridgehead atoms. The lowest BCUT2D eigenvalue weighted by atomic mass is 10.2. The zero-order chi connectivity index (χ0) is 12.9. The summed E-state index contributed by atoms with van der Waals surface area (Å²) < 4.78 is 0. The monoisotopic (exact) mass is 244 g/mol. The maximum Gasteiger partial charge on any atom is 0.222 e. The van der Waals surface area contributed by atoms with Crippen LogP contribution in [0, 0.1) is 0 Å². The van der Waals surface area contributed by atoms with Gasteiger partial charge in [-0.25, -0.2) is 0 Å². The maximum absolute atomic E-state index is 11.8. The Bertz CT molecular complexity index is 186. The summed E-state index contributed by atoms with van der Waals surface area (Å²) in [6, 6.07) is 0. The predicted molar refractivity (Wildman–Crippen MR) is 70.7 cm³/mol. The molecule has 3 N–H and O–H groups in total. The van der Waals surface area contributed by atoms with Gasteiger partial charge in [0.1, 0.15) is 0 Å². The first kappa shape index (κ1) is 16.4. The van der Waals surface area contributed by atoms with Crippen molar-refractivity contribution in [2.75, 3.05) is 26.2 Å². The van der Waals surface area contributed by atoms with E-state index in [0.29, 0.717) is 19.5 Å². The van der Waals surface area contributed by atoms with Gasteiger partial charge >= 0.3 is 0 Å². The van der Waals surface area contributed by atoms with E-state index in [0.717, 1.165) is 32.2 Å². The number of aliphatic hydroxyl groups excluding tert-OH is 1. The second kappa shape index (κ2) is 11.9. The molecule has 0 spiro atoms. The van der Waals surface area contributed by atoms with Crippen LogP contribution >= 0.6 is 0 Å². The molecule has 0 atom stereocenters. The minimum atomic E-state index is 0.0520. The van der Waals surface area contributed by atoms with Gasteiger partial charge in [-0.3, -0.25) is 4.79 Å². The molecule has 0 saturated carbocycles. The Kier molecular flexibility index (Phi) is 11.4. The topological polar surface area (TPSA) is 66.6 Å². The summed E-state index contributed by atoms with van der Waals surface area (Å²) in [5.74, 6) is 0.156. The van der Waals surface area contributed by atoms with Crippen molar-refractivity contribution in [1.29, 1.82) is 0 Å². The molecule has 0 aliphatic carbocycles. The molecule has 0 aliphatic heterocycles. The number of rotatable bonds is 11. The third-order valence-corrected chi connectivity index (χ3v) is 2.85. The zero-order valence-corrected chi connectivity index (χ0v) is 11.2. The van der Waals surface area contributed by atoms with Crippen molar-refractivity contribution in [2.45, 2.75) is 51.9 Å². The minimum absolute atomic E-state index is 0.0520. The molecule has 102 valence electrons. The van der Waals surface area contributed by atoms with Crippen molar-refractivity contribution in [1.82, 2.24) is 4.90 Å². The van der Waals surface area contributed by atoms with E-state index in [1.165, 1.54) is 12.8 Å². The number of unbranched alkanes of at least 4 members (excludes halogenated alkanes) is 4. The summed E-state index contributed by atoms with van der Waals surface area (Å²) in [5.41, 5.74) is 5.40. The first-order valence-corrected chi connectivity index (χ1v) is 6.85. The average molecular weight is 244 g/mol. The Balaban J connectivity index is 3.81. The summed E-state index contributed by atoms with van der Waals surface area (Å²) in [7, 11) is 0. The van der Waals surface area contributed by atoms with Gasteiger partial charge in [0.2, 0.25) is 5.91 Å². The molecule has 4 nitrogen and oxygen atoms in total. The van der Waals surface area contributed by atoms with Gasteiger partial charge in [0.15, 0.2) is 0 Å². The lowest BCUT2D eigenvalue weighted by Gasteiger charge is -2.21. The number of nitrogens with zero attached hydrogens (tertiary/aromatic N) is 1. The van der Waals surface area contributed by atoms with E-state index in [1.54, 1.807) is 4.90 Å². The number of hydrogen-bond acceptors (Lipinski definition) is 3. The number of carbonyl (C=O) groups is 1. The number of amides is 1. The Labute approximate surface area is 105 Å². The van der Waals surface area contributed by atoms with Crippen LogP contribution in [0.4, 0.5) is 0 Å². The van der Waals surface area contributed by atoms with Crippen molar-refractivity contribution >= 4 is 5.91 Å². The zero-order valence-electron chi connectivity index (χ0n) is 11.2. The van der Waals surface area contributed by atoms with Crippen molar-refractivity contribution in [3.8, 4) is 0 Å². The van der Waals surface area contributed by atoms with Crippen LogP contribution in [0.15, 0.2) is 0 Å². The number of carbonyl (C=O) groups excluding carboxylic acids is 1. The molecule has 1 amide bonds. The van der Waals surface area contributed by atoms with Gasteiger partial charge in [-0.1, -0.05) is 26.2 Å². The van der Waals surface area contributed by atoms with E-state index in [2.05, 4.69) is 6.92 Å². The molecule has 0 heterocycles. The highest BCUT2D eigenvalue weighted by Crippen LogP contribution is 2.05. The molecule has 0 aromatic carbocycles. The van der Waals surface area contributed by atoms with Crippen LogP contribution in [0.5, 0.6) is 0 Å². The fourth-order valence-corrected chi connectivity index (χ4v) is 1.79. The van der Waals surface area contributed by atoms with Gasteiger partial charge in [0.25, 0.3) is 0 Å². The van der Waals surface area contributed by atoms with Crippen molar-refractivity contribution in [3.63, 3.8) is 0 Å². The van der Waals surface area contributed by atoms with Crippen molar-refractivity contribution in [3.05, 3.63) is 0 Å². The average Bonchev–Trinajstić information content (AvgIpc) is 2.33. The van der Waals surface area contributed by atoms with Gasteiger partial charge in [-0.15, -0.1) is 0 Å². The molecule has 0 saturated heterocycles. The minimum Gasteiger partial charge on any atom is -0.395 e. The molecule has 0 aliphatic rings. The smallest absolute Gasteiger partial charge is 0.222 e. The largest absolute Gasteiger partial charge is 0.395 e. The number of nitrogens with two attached hydrogens (primary N) is 1.